The Kier molecular flexibility index (Phi) is 3.26. The number of amides is 1. The second-order valence-corrected chi connectivity index (χ2v) is 7.05. The number of nitrogens with one attached hydrogen (secondary N) is 2. The van der Waals surface area contributed by atoms with E-state index in [2.05, 4.69) is 23.3 Å². The molecule has 0 bridgehead atoms. The summed E-state index contributed by atoms with van der Waals surface area (Å²) in [6.45, 7) is 2.37. The van der Waals surface area contributed by atoms with Crippen molar-refractivity contribution < 1.29 is 14.3 Å². The summed E-state index contributed by atoms with van der Waals surface area (Å²) >= 11 is 0. The summed E-state index contributed by atoms with van der Waals surface area (Å²) in [7, 11) is 0. The molecule has 0 unspecified atom stereocenters. The number of aromatic amines is 1. The number of hydrogen-bond acceptors (Lipinski definition) is 3. The Hall–Kier alpha value is -2.95. The zero-order valence-corrected chi connectivity index (χ0v) is 14.6. The molecule has 1 fully saturated rings. The number of aromatic nitrogens is 1. The Bertz CT molecular complexity index is 1020. The molecular formula is C21H20N2O3. The molecule has 2 aliphatic rings. The highest BCUT2D eigenvalue weighted by Gasteiger charge is 2.51. The molecule has 3 aromatic rings. The number of carbonyl (C=O) groups excluding carboxylic acids is 1. The van der Waals surface area contributed by atoms with Crippen molar-refractivity contribution in [2.24, 2.45) is 0 Å². The number of fused-ring (bicyclic) bond motifs is 2. The smallest absolute Gasteiger partial charge is 0.235 e. The largest absolute Gasteiger partial charge is 0.454 e. The van der Waals surface area contributed by atoms with Gasteiger partial charge in [0, 0.05) is 22.3 Å². The van der Waals surface area contributed by atoms with Crippen LogP contribution < -0.4 is 14.8 Å². The highest BCUT2D eigenvalue weighted by atomic mass is 16.7. The number of benzene rings is 2. The van der Waals surface area contributed by atoms with Gasteiger partial charge in [0.2, 0.25) is 12.7 Å². The molecule has 2 aromatic carbocycles. The van der Waals surface area contributed by atoms with Crippen LogP contribution in [0, 0.1) is 0 Å². The van der Waals surface area contributed by atoms with Crippen LogP contribution in [0.15, 0.2) is 42.5 Å². The molecule has 5 nitrogen and oxygen atoms in total. The van der Waals surface area contributed by atoms with E-state index in [4.69, 9.17) is 9.47 Å². The van der Waals surface area contributed by atoms with Gasteiger partial charge in [-0.1, -0.05) is 13.0 Å². The van der Waals surface area contributed by atoms with Crippen LogP contribution in [-0.4, -0.2) is 17.7 Å². The predicted molar refractivity (Wildman–Crippen MR) is 99.8 cm³/mol. The van der Waals surface area contributed by atoms with Crippen molar-refractivity contribution >= 4 is 22.5 Å². The summed E-state index contributed by atoms with van der Waals surface area (Å²) in [6, 6.07) is 13.9. The van der Waals surface area contributed by atoms with Crippen LogP contribution in [0.1, 0.15) is 31.0 Å². The Morgan fingerprint density at radius 2 is 1.96 bits per heavy atom. The fourth-order valence-electron chi connectivity index (χ4n) is 3.68. The lowest BCUT2D eigenvalue weighted by Gasteiger charge is -2.16. The molecule has 1 aromatic heterocycles. The van der Waals surface area contributed by atoms with Gasteiger partial charge in [0.05, 0.1) is 5.41 Å². The number of H-pyrrole nitrogens is 1. The van der Waals surface area contributed by atoms with Crippen molar-refractivity contribution in [1.29, 1.82) is 0 Å². The van der Waals surface area contributed by atoms with E-state index in [1.165, 1.54) is 5.69 Å². The lowest BCUT2D eigenvalue weighted by atomic mass is 9.94. The van der Waals surface area contributed by atoms with Gasteiger partial charge in [-0.2, -0.15) is 0 Å². The molecule has 5 rings (SSSR count). The molecule has 26 heavy (non-hydrogen) atoms. The van der Waals surface area contributed by atoms with Crippen LogP contribution >= 0.6 is 0 Å². The molecule has 1 saturated carbocycles. The number of rotatable bonds is 4. The minimum atomic E-state index is -0.456. The maximum absolute atomic E-state index is 13.0. The normalized spacial score (nSPS) is 16.7. The highest BCUT2D eigenvalue weighted by Crippen LogP contribution is 2.51. The average molecular weight is 348 g/mol. The van der Waals surface area contributed by atoms with E-state index in [9.17, 15) is 4.79 Å². The Morgan fingerprint density at radius 3 is 2.77 bits per heavy atom. The Balaban J connectivity index is 1.41. The number of hydrogen-bond donors (Lipinski definition) is 2. The van der Waals surface area contributed by atoms with Gasteiger partial charge in [0.1, 0.15) is 0 Å². The number of carbonyl (C=O) groups is 1. The van der Waals surface area contributed by atoms with E-state index in [1.54, 1.807) is 0 Å². The van der Waals surface area contributed by atoms with Crippen molar-refractivity contribution in [3.8, 4) is 11.5 Å². The van der Waals surface area contributed by atoms with E-state index >= 15 is 0 Å². The quantitative estimate of drug-likeness (QED) is 0.745. The predicted octanol–water partition coefficient (Wildman–Crippen LogP) is 4.13. The molecular weight excluding hydrogens is 328 g/mol. The average Bonchev–Trinajstić information content (AvgIpc) is 3.16. The summed E-state index contributed by atoms with van der Waals surface area (Å²) in [5.74, 6) is 1.51. The standard InChI is InChI=1S/C21H20N2O3/c1-2-15-9-13-10-16(4-5-17(13)22-15)23-20(24)21(7-8-21)14-3-6-18-19(11-14)26-12-25-18/h3-6,9-11,22H,2,7-8,12H2,1H3,(H,23,24). The Morgan fingerprint density at radius 1 is 1.12 bits per heavy atom. The number of aryl methyl sites for hydroxylation is 1. The molecule has 0 atom stereocenters. The molecule has 0 saturated heterocycles. The van der Waals surface area contributed by atoms with Crippen molar-refractivity contribution in [3.63, 3.8) is 0 Å². The van der Waals surface area contributed by atoms with Crippen molar-refractivity contribution in [3.05, 3.63) is 53.7 Å². The molecule has 132 valence electrons. The second kappa shape index (κ2) is 5.53. The van der Waals surface area contributed by atoms with Gasteiger partial charge in [-0.25, -0.2) is 0 Å². The first kappa shape index (κ1) is 15.3. The fraction of sp³-hybridized carbons (Fsp3) is 0.286. The second-order valence-electron chi connectivity index (χ2n) is 7.05. The molecule has 2 N–H and O–H groups in total. The monoisotopic (exact) mass is 348 g/mol. The molecule has 5 heteroatoms. The first-order valence-electron chi connectivity index (χ1n) is 9.01. The third-order valence-corrected chi connectivity index (χ3v) is 5.43. The van der Waals surface area contributed by atoms with E-state index in [0.717, 1.165) is 52.9 Å². The van der Waals surface area contributed by atoms with Crippen molar-refractivity contribution in [2.75, 3.05) is 12.1 Å². The maximum atomic E-state index is 13.0. The number of anilines is 1. The van der Waals surface area contributed by atoms with Crippen LogP contribution in [0.5, 0.6) is 11.5 Å². The SMILES string of the molecule is CCc1cc2cc(NC(=O)C3(c4ccc5c(c4)OCO5)CC3)ccc2[nH]1. The lowest BCUT2D eigenvalue weighted by molar-refractivity contribution is -0.118. The molecule has 1 amide bonds. The van der Waals surface area contributed by atoms with Crippen LogP contribution in [0.25, 0.3) is 10.9 Å². The summed E-state index contributed by atoms with van der Waals surface area (Å²) in [5, 5.41) is 4.22. The molecule has 0 spiro atoms. The van der Waals surface area contributed by atoms with E-state index in [0.29, 0.717) is 0 Å². The van der Waals surface area contributed by atoms with Gasteiger partial charge in [-0.05, 0) is 61.2 Å². The fourth-order valence-corrected chi connectivity index (χ4v) is 3.68. The Labute approximate surface area is 151 Å². The van der Waals surface area contributed by atoms with Gasteiger partial charge in [0.15, 0.2) is 11.5 Å². The van der Waals surface area contributed by atoms with E-state index < -0.39 is 5.41 Å². The van der Waals surface area contributed by atoms with Crippen LogP contribution in [-0.2, 0) is 16.6 Å². The summed E-state index contributed by atoms with van der Waals surface area (Å²) < 4.78 is 10.8. The van der Waals surface area contributed by atoms with Gasteiger partial charge in [-0.3, -0.25) is 4.79 Å². The van der Waals surface area contributed by atoms with Crippen LogP contribution in [0.4, 0.5) is 5.69 Å². The third kappa shape index (κ3) is 2.35. The molecule has 2 heterocycles. The maximum Gasteiger partial charge on any atom is 0.235 e. The van der Waals surface area contributed by atoms with E-state index in [1.807, 2.05) is 36.4 Å². The van der Waals surface area contributed by atoms with Gasteiger partial charge in [-0.15, -0.1) is 0 Å². The third-order valence-electron chi connectivity index (χ3n) is 5.43. The van der Waals surface area contributed by atoms with Crippen LogP contribution in [0.3, 0.4) is 0 Å². The topological polar surface area (TPSA) is 63.4 Å². The summed E-state index contributed by atoms with van der Waals surface area (Å²) in [5.41, 5.74) is 3.66. The first-order chi connectivity index (χ1) is 12.7. The van der Waals surface area contributed by atoms with Crippen LogP contribution in [0.2, 0.25) is 0 Å². The van der Waals surface area contributed by atoms with Gasteiger partial charge >= 0.3 is 0 Å². The van der Waals surface area contributed by atoms with Crippen molar-refractivity contribution in [1.82, 2.24) is 4.98 Å². The summed E-state index contributed by atoms with van der Waals surface area (Å²) in [6.07, 6.45) is 2.67. The minimum absolute atomic E-state index is 0.0435. The van der Waals surface area contributed by atoms with E-state index in [-0.39, 0.29) is 12.7 Å². The van der Waals surface area contributed by atoms with Crippen molar-refractivity contribution in [2.45, 2.75) is 31.6 Å². The molecule has 1 aliphatic carbocycles. The zero-order valence-electron chi connectivity index (χ0n) is 14.6. The van der Waals surface area contributed by atoms with Gasteiger partial charge < -0.3 is 19.8 Å². The van der Waals surface area contributed by atoms with Gasteiger partial charge in [0.25, 0.3) is 0 Å². The molecule has 0 radical (unpaired) electrons. The zero-order chi connectivity index (χ0) is 17.7. The highest BCUT2D eigenvalue weighted by molar-refractivity contribution is 6.02. The molecule has 1 aliphatic heterocycles. The minimum Gasteiger partial charge on any atom is -0.454 e. The first-order valence-corrected chi connectivity index (χ1v) is 9.01. The summed E-state index contributed by atoms with van der Waals surface area (Å²) in [4.78, 5) is 16.4. The number of ether oxygens (including phenoxy) is 2. The lowest BCUT2D eigenvalue weighted by Crippen LogP contribution is -2.27.